The van der Waals surface area contributed by atoms with Gasteiger partial charge >= 0.3 is 0 Å². The standard InChI is InChI=1S/C7H4N4O2/c8-2-4-3-9-11-6(13)1-5(12)10-7(4)11/h1,3,13H,(H,10,12). The van der Waals surface area contributed by atoms with Gasteiger partial charge in [-0.05, 0) is 0 Å². The molecule has 6 nitrogen and oxygen atoms in total. The molecular formula is C7H4N4O2. The fourth-order valence-corrected chi connectivity index (χ4v) is 1.01. The molecule has 0 atom stereocenters. The molecular weight excluding hydrogens is 172 g/mol. The highest BCUT2D eigenvalue weighted by Gasteiger charge is 2.09. The molecule has 0 fully saturated rings. The van der Waals surface area contributed by atoms with Gasteiger partial charge in [-0.1, -0.05) is 0 Å². The average molecular weight is 176 g/mol. The Labute approximate surface area is 72.3 Å². The summed E-state index contributed by atoms with van der Waals surface area (Å²) in [7, 11) is 0. The Morgan fingerprint density at radius 3 is 2.92 bits per heavy atom. The first-order chi connectivity index (χ1) is 6.22. The summed E-state index contributed by atoms with van der Waals surface area (Å²) in [4.78, 5) is 3.64. The van der Waals surface area contributed by atoms with E-state index in [-0.39, 0.29) is 23.0 Å². The molecule has 2 rings (SSSR count). The summed E-state index contributed by atoms with van der Waals surface area (Å²) in [5, 5.41) is 30.6. The van der Waals surface area contributed by atoms with Crippen LogP contribution < -0.4 is 0 Å². The van der Waals surface area contributed by atoms with E-state index >= 15 is 0 Å². The third kappa shape index (κ3) is 0.945. The van der Waals surface area contributed by atoms with Crippen molar-refractivity contribution in [2.24, 2.45) is 0 Å². The maximum absolute atomic E-state index is 9.25. The van der Waals surface area contributed by atoms with Crippen LogP contribution in [-0.2, 0) is 0 Å². The van der Waals surface area contributed by atoms with Crippen molar-refractivity contribution >= 4 is 5.65 Å². The average Bonchev–Trinajstić information content (AvgIpc) is 2.47. The first-order valence-electron chi connectivity index (χ1n) is 3.39. The van der Waals surface area contributed by atoms with Gasteiger partial charge in [0.25, 0.3) is 0 Å². The van der Waals surface area contributed by atoms with Gasteiger partial charge < -0.3 is 10.2 Å². The molecule has 0 spiro atoms. The lowest BCUT2D eigenvalue weighted by molar-refractivity contribution is 0.412. The molecule has 0 bridgehead atoms. The lowest BCUT2D eigenvalue weighted by Crippen LogP contribution is -1.91. The first-order valence-corrected chi connectivity index (χ1v) is 3.39. The summed E-state index contributed by atoms with van der Waals surface area (Å²) in [5.41, 5.74) is 0.339. The van der Waals surface area contributed by atoms with Crippen molar-refractivity contribution < 1.29 is 10.2 Å². The van der Waals surface area contributed by atoms with Crippen molar-refractivity contribution in [2.45, 2.75) is 0 Å². The molecule has 0 unspecified atom stereocenters. The number of aromatic hydroxyl groups is 2. The van der Waals surface area contributed by atoms with Gasteiger partial charge in [0.1, 0.15) is 11.6 Å². The second-order valence-corrected chi connectivity index (χ2v) is 2.38. The number of fused-ring (bicyclic) bond motifs is 1. The van der Waals surface area contributed by atoms with Gasteiger partial charge in [-0.25, -0.2) is 0 Å². The number of aromatic nitrogens is 3. The zero-order chi connectivity index (χ0) is 9.42. The maximum Gasteiger partial charge on any atom is 0.219 e. The molecule has 0 aliphatic rings. The molecule has 2 heterocycles. The quantitative estimate of drug-likeness (QED) is 0.589. The first kappa shape index (κ1) is 7.36. The van der Waals surface area contributed by atoms with Gasteiger partial charge in [-0.2, -0.15) is 19.9 Å². The van der Waals surface area contributed by atoms with Crippen molar-refractivity contribution in [3.63, 3.8) is 0 Å². The second-order valence-electron chi connectivity index (χ2n) is 2.38. The SMILES string of the molecule is N#Cc1cnn2c(O)cc(O)nc12. The molecule has 0 aliphatic heterocycles. The third-order valence-corrected chi connectivity index (χ3v) is 1.56. The van der Waals surface area contributed by atoms with E-state index in [1.807, 2.05) is 6.07 Å². The van der Waals surface area contributed by atoms with E-state index in [1.54, 1.807) is 0 Å². The van der Waals surface area contributed by atoms with Crippen LogP contribution in [0.25, 0.3) is 5.65 Å². The zero-order valence-electron chi connectivity index (χ0n) is 6.34. The molecule has 0 saturated heterocycles. The van der Waals surface area contributed by atoms with E-state index in [1.165, 1.54) is 6.20 Å². The van der Waals surface area contributed by atoms with Gasteiger partial charge in [0.2, 0.25) is 11.8 Å². The van der Waals surface area contributed by atoms with Crippen LogP contribution in [0.3, 0.4) is 0 Å². The van der Waals surface area contributed by atoms with Gasteiger partial charge in [0, 0.05) is 0 Å². The predicted molar refractivity (Wildman–Crippen MR) is 41.0 cm³/mol. The fourth-order valence-electron chi connectivity index (χ4n) is 1.01. The fraction of sp³-hybridized carbons (Fsp3) is 0. The van der Waals surface area contributed by atoms with Gasteiger partial charge in [-0.15, -0.1) is 0 Å². The van der Waals surface area contributed by atoms with Gasteiger partial charge in [0.15, 0.2) is 5.65 Å². The number of nitriles is 1. The van der Waals surface area contributed by atoms with Crippen LogP contribution in [0.15, 0.2) is 12.3 Å². The van der Waals surface area contributed by atoms with E-state index in [4.69, 9.17) is 10.4 Å². The highest BCUT2D eigenvalue weighted by atomic mass is 16.3. The normalized spacial score (nSPS) is 10.1. The van der Waals surface area contributed by atoms with Crippen molar-refractivity contribution in [1.82, 2.24) is 14.6 Å². The zero-order valence-corrected chi connectivity index (χ0v) is 6.34. The number of nitrogens with zero attached hydrogens (tertiary/aromatic N) is 4. The van der Waals surface area contributed by atoms with Crippen LogP contribution in [0.5, 0.6) is 11.8 Å². The molecule has 2 N–H and O–H groups in total. The molecule has 64 valence electrons. The summed E-state index contributed by atoms with van der Waals surface area (Å²) < 4.78 is 1.07. The molecule has 6 heteroatoms. The Kier molecular flexibility index (Phi) is 1.33. The van der Waals surface area contributed by atoms with Gasteiger partial charge in [-0.3, -0.25) is 0 Å². The number of rotatable bonds is 0. The summed E-state index contributed by atoms with van der Waals surface area (Å²) in [6, 6.07) is 2.88. The van der Waals surface area contributed by atoms with Gasteiger partial charge in [0.05, 0.1) is 12.3 Å². The summed E-state index contributed by atoms with van der Waals surface area (Å²) in [6.07, 6.45) is 1.27. The summed E-state index contributed by atoms with van der Waals surface area (Å²) in [5.74, 6) is -0.606. The number of hydrogen-bond acceptors (Lipinski definition) is 5. The lowest BCUT2D eigenvalue weighted by Gasteiger charge is -1.96. The minimum Gasteiger partial charge on any atom is -0.493 e. The Morgan fingerprint density at radius 1 is 1.46 bits per heavy atom. The highest BCUT2D eigenvalue weighted by Crippen LogP contribution is 2.18. The molecule has 0 aromatic carbocycles. The van der Waals surface area contributed by atoms with Crippen LogP contribution in [0.2, 0.25) is 0 Å². The molecule has 0 aliphatic carbocycles. The minimum absolute atomic E-state index is 0.139. The van der Waals surface area contributed by atoms with Crippen molar-refractivity contribution in [3.8, 4) is 17.8 Å². The lowest BCUT2D eigenvalue weighted by atomic mass is 10.4. The van der Waals surface area contributed by atoms with E-state index in [2.05, 4.69) is 10.1 Å². The van der Waals surface area contributed by atoms with Crippen LogP contribution in [-0.4, -0.2) is 24.8 Å². The summed E-state index contributed by atoms with van der Waals surface area (Å²) in [6.45, 7) is 0. The van der Waals surface area contributed by atoms with E-state index in [0.717, 1.165) is 10.6 Å². The van der Waals surface area contributed by atoms with E-state index in [9.17, 15) is 5.11 Å². The highest BCUT2D eigenvalue weighted by molar-refractivity contribution is 5.56. The topological polar surface area (TPSA) is 94.4 Å². The maximum atomic E-state index is 9.25. The number of hydrogen-bond donors (Lipinski definition) is 2. The molecule has 0 amide bonds. The molecule has 13 heavy (non-hydrogen) atoms. The van der Waals surface area contributed by atoms with E-state index < -0.39 is 0 Å². The van der Waals surface area contributed by atoms with Crippen LogP contribution in [0, 0.1) is 11.3 Å². The minimum atomic E-state index is -0.345. The second kappa shape index (κ2) is 2.35. The molecule has 2 aromatic heterocycles. The Hall–Kier alpha value is -2.29. The van der Waals surface area contributed by atoms with Crippen molar-refractivity contribution in [1.29, 1.82) is 5.26 Å². The predicted octanol–water partition coefficient (Wildman–Crippen LogP) is 0.0122. The van der Waals surface area contributed by atoms with Crippen LogP contribution in [0.1, 0.15) is 5.56 Å². The third-order valence-electron chi connectivity index (χ3n) is 1.56. The Bertz CT molecular complexity index is 511. The van der Waals surface area contributed by atoms with Crippen molar-refractivity contribution in [2.75, 3.05) is 0 Å². The van der Waals surface area contributed by atoms with Crippen LogP contribution in [0.4, 0.5) is 0 Å². The largest absolute Gasteiger partial charge is 0.493 e. The molecule has 0 saturated carbocycles. The van der Waals surface area contributed by atoms with E-state index in [0.29, 0.717) is 0 Å². The summed E-state index contributed by atoms with van der Waals surface area (Å²) >= 11 is 0. The van der Waals surface area contributed by atoms with Crippen molar-refractivity contribution in [3.05, 3.63) is 17.8 Å². The molecule has 0 radical (unpaired) electrons. The Balaban J connectivity index is 2.92. The molecule has 2 aromatic rings. The van der Waals surface area contributed by atoms with Crippen LogP contribution >= 0.6 is 0 Å². The smallest absolute Gasteiger partial charge is 0.219 e. The Morgan fingerprint density at radius 2 is 2.23 bits per heavy atom. The monoisotopic (exact) mass is 176 g/mol.